The van der Waals surface area contributed by atoms with E-state index in [4.69, 9.17) is 0 Å². The van der Waals surface area contributed by atoms with Crippen LogP contribution in [-0.2, 0) is 4.79 Å². The Balaban J connectivity index is 1.85. The van der Waals surface area contributed by atoms with Gasteiger partial charge in [0, 0.05) is 25.5 Å². The molecule has 0 aliphatic carbocycles. The molecule has 1 fully saturated rings. The number of nitrogens with one attached hydrogen (secondary N) is 2. The van der Waals surface area contributed by atoms with Crippen LogP contribution in [0.25, 0.3) is 0 Å². The van der Waals surface area contributed by atoms with Gasteiger partial charge >= 0.3 is 0 Å². The first-order chi connectivity index (χ1) is 8.11. The Morgan fingerprint density at radius 3 is 3.18 bits per heavy atom. The van der Waals surface area contributed by atoms with Crippen molar-refractivity contribution < 1.29 is 9.90 Å². The minimum atomic E-state index is -0.806. The van der Waals surface area contributed by atoms with Crippen LogP contribution >= 0.6 is 0 Å². The molecule has 1 aliphatic rings. The minimum absolute atomic E-state index is 0.131. The standard InChI is InChI=1S/C11H18N4O2/c1-9(15-6-2-4-14-15)10(16)13-8-11(17)3-5-12-7-11/h2,4,6,9,12,17H,3,5,7-8H2,1H3,(H,13,16). The van der Waals surface area contributed by atoms with Crippen molar-refractivity contribution in [2.24, 2.45) is 0 Å². The first-order valence-electron chi connectivity index (χ1n) is 5.81. The van der Waals surface area contributed by atoms with E-state index in [1.54, 1.807) is 30.1 Å². The maximum Gasteiger partial charge on any atom is 0.244 e. The third-order valence-corrected chi connectivity index (χ3v) is 3.11. The second-order valence-electron chi connectivity index (χ2n) is 4.53. The second-order valence-corrected chi connectivity index (χ2v) is 4.53. The van der Waals surface area contributed by atoms with Gasteiger partial charge in [-0.3, -0.25) is 9.48 Å². The molecule has 0 spiro atoms. The lowest BCUT2D eigenvalue weighted by Crippen LogP contribution is -2.46. The van der Waals surface area contributed by atoms with Gasteiger partial charge < -0.3 is 15.7 Å². The quantitative estimate of drug-likeness (QED) is 0.647. The van der Waals surface area contributed by atoms with Crippen LogP contribution in [0.4, 0.5) is 0 Å². The number of β-amino-alcohol motifs (C(OH)–C–C–N with tert-alkyl or cyclic N) is 1. The summed E-state index contributed by atoms with van der Waals surface area (Å²) in [7, 11) is 0. The van der Waals surface area contributed by atoms with Crippen molar-refractivity contribution in [1.29, 1.82) is 0 Å². The maximum absolute atomic E-state index is 11.8. The molecule has 6 heteroatoms. The summed E-state index contributed by atoms with van der Waals surface area (Å²) in [6, 6.07) is 1.42. The second kappa shape index (κ2) is 4.85. The Bertz CT molecular complexity index is 371. The van der Waals surface area contributed by atoms with Crippen molar-refractivity contribution in [2.45, 2.75) is 25.0 Å². The number of carbonyl (C=O) groups is 1. The number of hydrogen-bond donors (Lipinski definition) is 3. The Morgan fingerprint density at radius 2 is 2.59 bits per heavy atom. The minimum Gasteiger partial charge on any atom is -0.387 e. The zero-order chi connectivity index (χ0) is 12.3. The summed E-state index contributed by atoms with van der Waals surface area (Å²) < 4.78 is 1.59. The molecule has 2 unspecified atom stereocenters. The summed E-state index contributed by atoms with van der Waals surface area (Å²) >= 11 is 0. The number of carbonyl (C=O) groups excluding carboxylic acids is 1. The molecule has 6 nitrogen and oxygen atoms in total. The Hall–Kier alpha value is -1.40. The highest BCUT2D eigenvalue weighted by Gasteiger charge is 2.31. The van der Waals surface area contributed by atoms with Crippen molar-refractivity contribution in [1.82, 2.24) is 20.4 Å². The fourth-order valence-electron chi connectivity index (χ4n) is 1.91. The van der Waals surface area contributed by atoms with Gasteiger partial charge in [0.15, 0.2) is 0 Å². The molecule has 0 bridgehead atoms. The van der Waals surface area contributed by atoms with Crippen LogP contribution in [0.3, 0.4) is 0 Å². The van der Waals surface area contributed by atoms with Crippen molar-refractivity contribution in [3.8, 4) is 0 Å². The van der Waals surface area contributed by atoms with E-state index in [-0.39, 0.29) is 18.5 Å². The average molecular weight is 238 g/mol. The van der Waals surface area contributed by atoms with E-state index in [9.17, 15) is 9.90 Å². The number of amides is 1. The fourth-order valence-corrected chi connectivity index (χ4v) is 1.91. The smallest absolute Gasteiger partial charge is 0.244 e. The first-order valence-corrected chi connectivity index (χ1v) is 5.81. The van der Waals surface area contributed by atoms with Gasteiger partial charge in [0.25, 0.3) is 0 Å². The molecule has 2 rings (SSSR count). The van der Waals surface area contributed by atoms with Gasteiger partial charge in [0.05, 0.1) is 5.60 Å². The zero-order valence-electron chi connectivity index (χ0n) is 9.89. The number of aliphatic hydroxyl groups is 1. The van der Waals surface area contributed by atoms with Crippen LogP contribution in [0.1, 0.15) is 19.4 Å². The summed E-state index contributed by atoms with van der Waals surface area (Å²) in [4.78, 5) is 11.8. The highest BCUT2D eigenvalue weighted by Crippen LogP contribution is 2.13. The number of nitrogens with zero attached hydrogens (tertiary/aromatic N) is 2. The molecule has 1 aliphatic heterocycles. The Kier molecular flexibility index (Phi) is 3.44. The molecule has 94 valence electrons. The Morgan fingerprint density at radius 1 is 1.76 bits per heavy atom. The molecule has 0 aromatic carbocycles. The maximum atomic E-state index is 11.8. The highest BCUT2D eigenvalue weighted by atomic mass is 16.3. The predicted molar refractivity (Wildman–Crippen MR) is 62.4 cm³/mol. The molecule has 1 saturated heterocycles. The van der Waals surface area contributed by atoms with Gasteiger partial charge in [0.2, 0.25) is 5.91 Å². The van der Waals surface area contributed by atoms with Crippen LogP contribution in [0.5, 0.6) is 0 Å². The molecule has 0 radical (unpaired) electrons. The lowest BCUT2D eigenvalue weighted by Gasteiger charge is -2.22. The van der Waals surface area contributed by atoms with Crippen molar-refractivity contribution in [3.05, 3.63) is 18.5 Å². The van der Waals surface area contributed by atoms with Crippen LogP contribution in [-0.4, -0.2) is 46.0 Å². The third-order valence-electron chi connectivity index (χ3n) is 3.11. The van der Waals surface area contributed by atoms with E-state index in [0.717, 1.165) is 6.54 Å². The van der Waals surface area contributed by atoms with E-state index in [2.05, 4.69) is 15.7 Å². The number of aromatic nitrogens is 2. The zero-order valence-corrected chi connectivity index (χ0v) is 9.89. The van der Waals surface area contributed by atoms with Gasteiger partial charge in [-0.15, -0.1) is 0 Å². The van der Waals surface area contributed by atoms with Crippen molar-refractivity contribution in [2.75, 3.05) is 19.6 Å². The molecule has 1 amide bonds. The molecule has 3 N–H and O–H groups in total. The van der Waals surface area contributed by atoms with Gasteiger partial charge in [-0.1, -0.05) is 0 Å². The summed E-state index contributed by atoms with van der Waals surface area (Å²) in [6.07, 6.45) is 4.05. The Labute approximate surface area is 100 Å². The average Bonchev–Trinajstić information content (AvgIpc) is 2.96. The van der Waals surface area contributed by atoms with E-state index in [1.165, 1.54) is 0 Å². The molecule has 1 aromatic heterocycles. The summed E-state index contributed by atoms with van der Waals surface area (Å²) in [5.74, 6) is -0.131. The SMILES string of the molecule is CC(C(=O)NCC1(O)CCNC1)n1cccn1. The summed E-state index contributed by atoms with van der Waals surface area (Å²) in [5.41, 5.74) is -0.806. The molecule has 0 saturated carbocycles. The molecule has 2 atom stereocenters. The third kappa shape index (κ3) is 2.83. The van der Waals surface area contributed by atoms with Crippen molar-refractivity contribution >= 4 is 5.91 Å². The lowest BCUT2D eigenvalue weighted by atomic mass is 10.0. The fraction of sp³-hybridized carbons (Fsp3) is 0.636. The van der Waals surface area contributed by atoms with E-state index < -0.39 is 5.60 Å². The normalized spacial score (nSPS) is 25.8. The van der Waals surface area contributed by atoms with Crippen LogP contribution in [0.2, 0.25) is 0 Å². The van der Waals surface area contributed by atoms with Crippen molar-refractivity contribution in [3.63, 3.8) is 0 Å². The highest BCUT2D eigenvalue weighted by molar-refractivity contribution is 5.79. The van der Waals surface area contributed by atoms with Crippen LogP contribution < -0.4 is 10.6 Å². The first kappa shape index (κ1) is 12.1. The molecule has 1 aromatic rings. The number of hydrogen-bond acceptors (Lipinski definition) is 4. The van der Waals surface area contributed by atoms with E-state index in [1.807, 2.05) is 0 Å². The molecule has 17 heavy (non-hydrogen) atoms. The lowest BCUT2D eigenvalue weighted by molar-refractivity contribution is -0.125. The molecule has 2 heterocycles. The van der Waals surface area contributed by atoms with E-state index in [0.29, 0.717) is 13.0 Å². The molecular formula is C11H18N4O2. The predicted octanol–water partition coefficient (Wildman–Crippen LogP) is -0.715. The van der Waals surface area contributed by atoms with Crippen LogP contribution in [0.15, 0.2) is 18.5 Å². The summed E-state index contributed by atoms with van der Waals surface area (Å²) in [5, 5.41) is 19.9. The van der Waals surface area contributed by atoms with Gasteiger partial charge in [-0.2, -0.15) is 5.10 Å². The van der Waals surface area contributed by atoms with Gasteiger partial charge in [-0.05, 0) is 26.0 Å². The van der Waals surface area contributed by atoms with Gasteiger partial charge in [-0.25, -0.2) is 0 Å². The van der Waals surface area contributed by atoms with E-state index >= 15 is 0 Å². The monoisotopic (exact) mass is 238 g/mol. The van der Waals surface area contributed by atoms with Gasteiger partial charge in [0.1, 0.15) is 6.04 Å². The van der Waals surface area contributed by atoms with Crippen LogP contribution in [0, 0.1) is 0 Å². The summed E-state index contributed by atoms with van der Waals surface area (Å²) in [6.45, 7) is 3.38. The molecular weight excluding hydrogens is 220 g/mol. The topological polar surface area (TPSA) is 79.2 Å². The largest absolute Gasteiger partial charge is 0.387 e. The number of rotatable bonds is 4.